The minimum atomic E-state index is -3.49. The quantitative estimate of drug-likeness (QED) is 0.863. The van der Waals surface area contributed by atoms with E-state index in [0.717, 1.165) is 5.56 Å². The van der Waals surface area contributed by atoms with Crippen molar-refractivity contribution in [2.75, 3.05) is 23.7 Å². The van der Waals surface area contributed by atoms with Crippen LogP contribution in [0.25, 0.3) is 0 Å². The molecule has 0 aromatic heterocycles. The molecule has 7 heteroatoms. The minimum absolute atomic E-state index is 0.130. The average molecular weight is 371 g/mol. The number of nitrogens with zero attached hydrogens (tertiary/aromatic N) is 1. The number of para-hydroxylation sites is 1. The Morgan fingerprint density at radius 1 is 1.12 bits per heavy atom. The number of alkyl carbamates (subject to hydrolysis) is 1. The number of carbonyl (C=O) groups excluding carboxylic acids is 1. The van der Waals surface area contributed by atoms with Gasteiger partial charge in [-0.05, 0) is 37.8 Å². The van der Waals surface area contributed by atoms with Crippen molar-refractivity contribution in [3.8, 4) is 0 Å². The Morgan fingerprint density at radius 3 is 2.16 bits per heavy atom. The molecule has 0 heterocycles. The number of amides is 1. The zero-order valence-corrected chi connectivity index (χ0v) is 17.0. The van der Waals surface area contributed by atoms with Crippen LogP contribution < -0.4 is 9.62 Å². The summed E-state index contributed by atoms with van der Waals surface area (Å²) in [7, 11) is -3.49. The van der Waals surface area contributed by atoms with E-state index < -0.39 is 21.7 Å². The van der Waals surface area contributed by atoms with Gasteiger partial charge in [-0.3, -0.25) is 4.31 Å². The molecule has 25 heavy (non-hydrogen) atoms. The monoisotopic (exact) mass is 370 g/mol. The van der Waals surface area contributed by atoms with Crippen LogP contribution in [0.3, 0.4) is 0 Å². The molecule has 142 valence electrons. The lowest BCUT2D eigenvalue weighted by Gasteiger charge is -2.30. The highest BCUT2D eigenvalue weighted by atomic mass is 32.2. The summed E-state index contributed by atoms with van der Waals surface area (Å²) in [5, 5.41) is 2.60. The third kappa shape index (κ3) is 6.94. The highest BCUT2D eigenvalue weighted by Gasteiger charge is 2.25. The molecule has 1 aromatic rings. The third-order valence-corrected chi connectivity index (χ3v) is 4.54. The first-order valence-electron chi connectivity index (χ1n) is 8.26. The Morgan fingerprint density at radius 2 is 1.68 bits per heavy atom. The van der Waals surface area contributed by atoms with Gasteiger partial charge in [0.2, 0.25) is 10.0 Å². The normalized spacial score (nSPS) is 12.6. The fourth-order valence-corrected chi connectivity index (χ4v) is 3.30. The van der Waals surface area contributed by atoms with Crippen LogP contribution >= 0.6 is 0 Å². The molecule has 1 rings (SSSR count). The van der Waals surface area contributed by atoms with Gasteiger partial charge in [-0.2, -0.15) is 0 Å². The second kappa shape index (κ2) is 7.64. The molecule has 0 aliphatic rings. The van der Waals surface area contributed by atoms with Crippen LogP contribution in [0.2, 0.25) is 0 Å². The molecule has 0 fully saturated rings. The molecular weight excluding hydrogens is 340 g/mol. The van der Waals surface area contributed by atoms with Crippen molar-refractivity contribution in [3.63, 3.8) is 0 Å². The van der Waals surface area contributed by atoms with Crippen molar-refractivity contribution >= 4 is 21.8 Å². The number of ether oxygens (including phenoxy) is 1. The van der Waals surface area contributed by atoms with E-state index in [2.05, 4.69) is 5.32 Å². The molecule has 0 bridgehead atoms. The van der Waals surface area contributed by atoms with E-state index in [-0.39, 0.29) is 18.5 Å². The van der Waals surface area contributed by atoms with Gasteiger partial charge in [0.15, 0.2) is 0 Å². The number of hydrogen-bond donors (Lipinski definition) is 1. The van der Waals surface area contributed by atoms with Crippen molar-refractivity contribution in [2.45, 2.75) is 52.6 Å². The fraction of sp³-hybridized carbons (Fsp3) is 0.611. The van der Waals surface area contributed by atoms with Crippen LogP contribution in [0, 0.1) is 0 Å². The molecule has 0 aliphatic carbocycles. The number of carbonyl (C=O) groups is 1. The minimum Gasteiger partial charge on any atom is -0.444 e. The highest BCUT2D eigenvalue weighted by molar-refractivity contribution is 7.92. The van der Waals surface area contributed by atoms with Crippen LogP contribution in [0.4, 0.5) is 10.5 Å². The van der Waals surface area contributed by atoms with Gasteiger partial charge in [0.25, 0.3) is 0 Å². The van der Waals surface area contributed by atoms with Gasteiger partial charge >= 0.3 is 6.09 Å². The molecule has 0 atom stereocenters. The highest BCUT2D eigenvalue weighted by Crippen LogP contribution is 2.32. The number of nitrogens with one attached hydrogen (secondary N) is 1. The van der Waals surface area contributed by atoms with Gasteiger partial charge in [0.1, 0.15) is 5.60 Å². The molecule has 1 N–H and O–H groups in total. The van der Waals surface area contributed by atoms with Crippen LogP contribution in [-0.2, 0) is 20.2 Å². The maximum absolute atomic E-state index is 12.3. The predicted molar refractivity (Wildman–Crippen MR) is 102 cm³/mol. The summed E-state index contributed by atoms with van der Waals surface area (Å²) in [6.45, 7) is 11.7. The first-order chi connectivity index (χ1) is 11.2. The largest absolute Gasteiger partial charge is 0.444 e. The molecule has 0 aliphatic heterocycles. The van der Waals surface area contributed by atoms with E-state index >= 15 is 0 Å². The first kappa shape index (κ1) is 21.3. The van der Waals surface area contributed by atoms with Gasteiger partial charge < -0.3 is 10.1 Å². The summed E-state index contributed by atoms with van der Waals surface area (Å²) in [4.78, 5) is 11.8. The number of sulfonamides is 1. The summed E-state index contributed by atoms with van der Waals surface area (Å²) >= 11 is 0. The van der Waals surface area contributed by atoms with Gasteiger partial charge in [-0.25, -0.2) is 13.2 Å². The van der Waals surface area contributed by atoms with Crippen molar-refractivity contribution in [1.29, 1.82) is 0 Å². The molecule has 6 nitrogen and oxygen atoms in total. The summed E-state index contributed by atoms with van der Waals surface area (Å²) in [6, 6.07) is 7.41. The van der Waals surface area contributed by atoms with Crippen LogP contribution in [-0.4, -0.2) is 39.5 Å². The second-order valence-electron chi connectivity index (χ2n) is 8.03. The molecule has 1 amide bonds. The van der Waals surface area contributed by atoms with E-state index in [1.807, 2.05) is 39.0 Å². The summed E-state index contributed by atoms with van der Waals surface area (Å²) in [5.41, 5.74) is 0.749. The van der Waals surface area contributed by atoms with Gasteiger partial charge in [0, 0.05) is 6.54 Å². The summed E-state index contributed by atoms with van der Waals surface area (Å²) in [5.74, 6) is 0. The number of rotatable bonds is 5. The Kier molecular flexibility index (Phi) is 6.50. The van der Waals surface area contributed by atoms with Crippen LogP contribution in [0.15, 0.2) is 24.3 Å². The lowest BCUT2D eigenvalue weighted by Crippen LogP contribution is -2.40. The van der Waals surface area contributed by atoms with E-state index in [0.29, 0.717) is 5.69 Å². The maximum atomic E-state index is 12.3. The van der Waals surface area contributed by atoms with Gasteiger partial charge in [-0.1, -0.05) is 39.0 Å². The van der Waals surface area contributed by atoms with Crippen LogP contribution in [0.1, 0.15) is 47.1 Å². The number of anilines is 1. The summed E-state index contributed by atoms with van der Waals surface area (Å²) in [6.07, 6.45) is 0.602. The Hall–Kier alpha value is -1.76. The lowest BCUT2D eigenvalue weighted by molar-refractivity contribution is 0.0529. The van der Waals surface area contributed by atoms with Crippen LogP contribution in [0.5, 0.6) is 0 Å². The Balaban J connectivity index is 2.98. The van der Waals surface area contributed by atoms with Gasteiger partial charge in [0.05, 0.1) is 18.5 Å². The van der Waals surface area contributed by atoms with E-state index in [1.165, 1.54) is 10.6 Å². The number of benzene rings is 1. The standard InChI is InChI=1S/C18H30N2O4S/c1-17(2,3)14-10-8-9-11-15(14)20(25(7,22)23)13-12-19-16(21)24-18(4,5)6/h8-11H,12-13H2,1-7H3,(H,19,21). The molecule has 0 radical (unpaired) electrons. The molecule has 0 unspecified atom stereocenters. The molecule has 0 saturated carbocycles. The molecular formula is C18H30N2O4S. The second-order valence-corrected chi connectivity index (χ2v) is 9.94. The van der Waals surface area contributed by atoms with E-state index in [4.69, 9.17) is 4.74 Å². The average Bonchev–Trinajstić information content (AvgIpc) is 2.39. The molecule has 0 spiro atoms. The molecule has 0 saturated heterocycles. The number of hydrogen-bond acceptors (Lipinski definition) is 4. The zero-order valence-electron chi connectivity index (χ0n) is 16.2. The van der Waals surface area contributed by atoms with Crippen molar-refractivity contribution in [1.82, 2.24) is 5.32 Å². The Bertz CT molecular complexity index is 701. The lowest BCUT2D eigenvalue weighted by atomic mass is 9.86. The predicted octanol–water partition coefficient (Wildman–Crippen LogP) is 3.27. The van der Waals surface area contributed by atoms with E-state index in [9.17, 15) is 13.2 Å². The van der Waals surface area contributed by atoms with E-state index in [1.54, 1.807) is 26.8 Å². The third-order valence-electron chi connectivity index (χ3n) is 3.36. The Labute approximate surface area is 151 Å². The van der Waals surface area contributed by atoms with Crippen molar-refractivity contribution in [3.05, 3.63) is 29.8 Å². The molecule has 1 aromatic carbocycles. The zero-order chi connectivity index (χ0) is 19.5. The van der Waals surface area contributed by atoms with Crippen molar-refractivity contribution < 1.29 is 17.9 Å². The smallest absolute Gasteiger partial charge is 0.407 e. The fourth-order valence-electron chi connectivity index (χ4n) is 2.36. The van der Waals surface area contributed by atoms with Gasteiger partial charge in [-0.15, -0.1) is 0 Å². The SMILES string of the molecule is CC(C)(C)OC(=O)NCCN(c1ccccc1C(C)(C)C)S(C)(=O)=O. The topological polar surface area (TPSA) is 75.7 Å². The summed E-state index contributed by atoms with van der Waals surface area (Å²) < 4.78 is 31.1. The first-order valence-corrected chi connectivity index (χ1v) is 10.1. The van der Waals surface area contributed by atoms with Crippen molar-refractivity contribution in [2.24, 2.45) is 0 Å². The maximum Gasteiger partial charge on any atom is 0.407 e.